The van der Waals surface area contributed by atoms with Crippen LogP contribution < -0.4 is 10.2 Å². The van der Waals surface area contributed by atoms with Gasteiger partial charge in [-0.1, -0.05) is 27.2 Å². The van der Waals surface area contributed by atoms with Gasteiger partial charge in [0, 0.05) is 38.2 Å². The number of hydrogen-bond donors (Lipinski definition) is 1. The van der Waals surface area contributed by atoms with Crippen LogP contribution in [0.15, 0.2) is 0 Å². The van der Waals surface area contributed by atoms with E-state index >= 15 is 0 Å². The molecule has 2 heterocycles. The van der Waals surface area contributed by atoms with Crippen molar-refractivity contribution < 1.29 is 4.74 Å². The lowest BCUT2D eigenvalue weighted by Crippen LogP contribution is -2.22. The van der Waals surface area contributed by atoms with Crippen molar-refractivity contribution in [2.24, 2.45) is 5.41 Å². The molecule has 0 aromatic carbocycles. The summed E-state index contributed by atoms with van der Waals surface area (Å²) >= 11 is 1.87. The Labute approximate surface area is 132 Å². The Morgan fingerprint density at radius 1 is 1.43 bits per heavy atom. The summed E-state index contributed by atoms with van der Waals surface area (Å²) < 4.78 is 5.08. The van der Waals surface area contributed by atoms with Crippen molar-refractivity contribution in [1.82, 2.24) is 10.3 Å². The van der Waals surface area contributed by atoms with Crippen molar-refractivity contribution in [2.45, 2.75) is 46.6 Å². The number of aromatic nitrogens is 1. The summed E-state index contributed by atoms with van der Waals surface area (Å²) in [5.74, 6) is 0. The van der Waals surface area contributed by atoms with Gasteiger partial charge in [-0.05, 0) is 18.3 Å². The Bertz CT molecular complexity index is 445. The number of nitrogens with one attached hydrogen (secondary N) is 1. The van der Waals surface area contributed by atoms with Gasteiger partial charge in [-0.2, -0.15) is 0 Å². The zero-order chi connectivity index (χ0) is 15.3. The maximum atomic E-state index is 5.08. The van der Waals surface area contributed by atoms with Gasteiger partial charge in [-0.15, -0.1) is 11.3 Å². The van der Waals surface area contributed by atoms with Crippen LogP contribution >= 0.6 is 11.3 Å². The minimum absolute atomic E-state index is 0.424. The molecule has 0 spiro atoms. The van der Waals surface area contributed by atoms with Gasteiger partial charge < -0.3 is 15.0 Å². The molecule has 0 bridgehead atoms. The molecule has 1 N–H and O–H groups in total. The number of hydrogen-bond acceptors (Lipinski definition) is 5. The molecule has 1 aliphatic rings. The molecule has 120 valence electrons. The first-order chi connectivity index (χ1) is 10.1. The van der Waals surface area contributed by atoms with Crippen molar-refractivity contribution in [3.05, 3.63) is 10.6 Å². The predicted molar refractivity (Wildman–Crippen MR) is 90.3 cm³/mol. The molecule has 4 nitrogen and oxygen atoms in total. The number of thiazole rings is 1. The van der Waals surface area contributed by atoms with E-state index in [1.165, 1.54) is 22.1 Å². The topological polar surface area (TPSA) is 37.4 Å². The quantitative estimate of drug-likeness (QED) is 0.749. The average molecular weight is 311 g/mol. The average Bonchev–Trinajstić information content (AvgIpc) is 2.99. The SMILES string of the molecule is CCCc1nc(N2CCC(C)(C)C2)sc1CNCCOC. The molecule has 1 saturated heterocycles. The Morgan fingerprint density at radius 3 is 2.86 bits per heavy atom. The van der Waals surface area contributed by atoms with E-state index in [9.17, 15) is 0 Å². The second kappa shape index (κ2) is 7.56. The Kier molecular flexibility index (Phi) is 6.02. The molecular weight excluding hydrogens is 282 g/mol. The smallest absolute Gasteiger partial charge is 0.185 e. The van der Waals surface area contributed by atoms with Gasteiger partial charge in [0.1, 0.15) is 0 Å². The number of methoxy groups -OCH3 is 1. The van der Waals surface area contributed by atoms with Crippen LogP contribution in [0.2, 0.25) is 0 Å². The minimum atomic E-state index is 0.424. The van der Waals surface area contributed by atoms with Crippen molar-refractivity contribution in [2.75, 3.05) is 38.3 Å². The third-order valence-corrected chi connectivity index (χ3v) is 5.13. The van der Waals surface area contributed by atoms with Crippen LogP contribution in [0.4, 0.5) is 5.13 Å². The molecule has 0 saturated carbocycles. The normalized spacial score (nSPS) is 17.6. The summed E-state index contributed by atoms with van der Waals surface area (Å²) in [5.41, 5.74) is 1.71. The van der Waals surface area contributed by atoms with Crippen LogP contribution in [0.5, 0.6) is 0 Å². The maximum Gasteiger partial charge on any atom is 0.185 e. The van der Waals surface area contributed by atoms with E-state index in [0.29, 0.717) is 5.41 Å². The lowest BCUT2D eigenvalue weighted by molar-refractivity contribution is 0.199. The first kappa shape index (κ1) is 16.7. The highest BCUT2D eigenvalue weighted by atomic mass is 32.1. The van der Waals surface area contributed by atoms with Gasteiger partial charge in [-0.25, -0.2) is 4.98 Å². The summed E-state index contributed by atoms with van der Waals surface area (Å²) in [5, 5.41) is 4.66. The van der Waals surface area contributed by atoms with Gasteiger partial charge in [0.2, 0.25) is 0 Å². The second-order valence-corrected chi connectivity index (χ2v) is 7.68. The number of aryl methyl sites for hydroxylation is 1. The van der Waals surface area contributed by atoms with Crippen LogP contribution in [0.1, 0.15) is 44.2 Å². The van der Waals surface area contributed by atoms with E-state index in [2.05, 4.69) is 31.0 Å². The van der Waals surface area contributed by atoms with Crippen molar-refractivity contribution in [1.29, 1.82) is 0 Å². The highest BCUT2D eigenvalue weighted by molar-refractivity contribution is 7.15. The van der Waals surface area contributed by atoms with Crippen LogP contribution in [-0.2, 0) is 17.7 Å². The zero-order valence-corrected chi connectivity index (χ0v) is 14.7. The molecule has 0 unspecified atom stereocenters. The molecule has 0 amide bonds. The highest BCUT2D eigenvalue weighted by Crippen LogP contribution is 2.35. The third-order valence-electron chi connectivity index (χ3n) is 3.97. The number of nitrogens with zero attached hydrogens (tertiary/aromatic N) is 2. The molecule has 1 aliphatic heterocycles. The van der Waals surface area contributed by atoms with E-state index in [1.807, 2.05) is 11.3 Å². The van der Waals surface area contributed by atoms with Crippen LogP contribution in [0.3, 0.4) is 0 Å². The Hall–Kier alpha value is -0.650. The molecular formula is C16H29N3OS. The molecule has 0 atom stereocenters. The highest BCUT2D eigenvalue weighted by Gasteiger charge is 2.31. The van der Waals surface area contributed by atoms with Crippen molar-refractivity contribution in [3.8, 4) is 0 Å². The first-order valence-corrected chi connectivity index (χ1v) is 8.80. The number of anilines is 1. The van der Waals surface area contributed by atoms with E-state index in [0.717, 1.165) is 45.6 Å². The molecule has 0 aliphatic carbocycles. The fourth-order valence-electron chi connectivity index (χ4n) is 2.73. The van der Waals surface area contributed by atoms with E-state index in [-0.39, 0.29) is 0 Å². The minimum Gasteiger partial charge on any atom is -0.383 e. The van der Waals surface area contributed by atoms with Gasteiger partial charge in [-0.3, -0.25) is 0 Å². The number of ether oxygens (including phenoxy) is 1. The summed E-state index contributed by atoms with van der Waals surface area (Å²) in [6.07, 6.45) is 3.49. The largest absolute Gasteiger partial charge is 0.383 e. The Balaban J connectivity index is 2.02. The second-order valence-electron chi connectivity index (χ2n) is 6.62. The molecule has 1 aromatic heterocycles. The lowest BCUT2D eigenvalue weighted by Gasteiger charge is -2.18. The summed E-state index contributed by atoms with van der Waals surface area (Å²) in [6, 6.07) is 0. The third kappa shape index (κ3) is 4.66. The van der Waals surface area contributed by atoms with Gasteiger partial charge >= 0.3 is 0 Å². The summed E-state index contributed by atoms with van der Waals surface area (Å²) in [6.45, 7) is 11.8. The van der Waals surface area contributed by atoms with E-state index < -0.39 is 0 Å². The molecule has 21 heavy (non-hydrogen) atoms. The maximum absolute atomic E-state index is 5.08. The molecule has 5 heteroatoms. The molecule has 2 rings (SSSR count). The Morgan fingerprint density at radius 2 is 2.24 bits per heavy atom. The van der Waals surface area contributed by atoms with Gasteiger partial charge in [0.05, 0.1) is 12.3 Å². The van der Waals surface area contributed by atoms with Crippen molar-refractivity contribution in [3.63, 3.8) is 0 Å². The van der Waals surface area contributed by atoms with Gasteiger partial charge in [0.25, 0.3) is 0 Å². The standard InChI is InChI=1S/C16H29N3OS/c1-5-6-13-14(11-17-8-10-20-4)21-15(18-13)19-9-7-16(2,3)12-19/h17H,5-12H2,1-4H3. The zero-order valence-electron chi connectivity index (χ0n) is 13.9. The van der Waals surface area contributed by atoms with Crippen LogP contribution in [-0.4, -0.2) is 38.3 Å². The number of rotatable bonds is 8. The first-order valence-electron chi connectivity index (χ1n) is 7.99. The fraction of sp³-hybridized carbons (Fsp3) is 0.812. The monoisotopic (exact) mass is 311 g/mol. The van der Waals surface area contributed by atoms with Crippen LogP contribution in [0, 0.1) is 5.41 Å². The lowest BCUT2D eigenvalue weighted by atomic mass is 9.93. The van der Waals surface area contributed by atoms with E-state index in [4.69, 9.17) is 9.72 Å². The molecule has 1 fully saturated rings. The van der Waals surface area contributed by atoms with Crippen LogP contribution in [0.25, 0.3) is 0 Å². The summed E-state index contributed by atoms with van der Waals surface area (Å²) in [7, 11) is 1.74. The molecule has 1 aromatic rings. The van der Waals surface area contributed by atoms with E-state index in [1.54, 1.807) is 7.11 Å². The van der Waals surface area contributed by atoms with Gasteiger partial charge in [0.15, 0.2) is 5.13 Å². The van der Waals surface area contributed by atoms with Crippen molar-refractivity contribution >= 4 is 16.5 Å². The predicted octanol–water partition coefficient (Wildman–Crippen LogP) is 3.07. The fourth-order valence-corrected chi connectivity index (χ4v) is 3.83. The molecule has 0 radical (unpaired) electrons. The summed E-state index contributed by atoms with van der Waals surface area (Å²) in [4.78, 5) is 8.78.